The number of fused-ring (bicyclic) bond motifs is 1. The van der Waals surface area contributed by atoms with Gasteiger partial charge in [0.1, 0.15) is 11.5 Å². The summed E-state index contributed by atoms with van der Waals surface area (Å²) < 4.78 is 13.4. The molecule has 0 unspecified atom stereocenters. The number of thiazole rings is 1. The van der Waals surface area contributed by atoms with Gasteiger partial charge in [0.2, 0.25) is 0 Å². The predicted molar refractivity (Wildman–Crippen MR) is 136 cm³/mol. The lowest BCUT2D eigenvalue weighted by Gasteiger charge is -2.24. The molecule has 5 nitrogen and oxygen atoms in total. The first-order valence-corrected chi connectivity index (χ1v) is 12.9. The zero-order valence-electron chi connectivity index (χ0n) is 18.5. The number of thioether (sulfide) groups is 1. The predicted octanol–water partition coefficient (Wildman–Crippen LogP) is 5.36. The molecular weight excluding hydrogens is 469 g/mol. The van der Waals surface area contributed by atoms with Crippen LogP contribution in [0.4, 0.5) is 4.39 Å². The molecule has 172 valence electrons. The quantitative estimate of drug-likeness (QED) is 0.409. The van der Waals surface area contributed by atoms with Gasteiger partial charge in [0, 0.05) is 17.9 Å². The molecule has 0 bridgehead atoms. The average molecular weight is 492 g/mol. The van der Waals surface area contributed by atoms with E-state index >= 15 is 0 Å². The summed E-state index contributed by atoms with van der Waals surface area (Å²) in [6.45, 7) is 2.21. The first-order chi connectivity index (χ1) is 16.5. The number of nitrogens with zero attached hydrogens (tertiary/aromatic N) is 2. The van der Waals surface area contributed by atoms with Gasteiger partial charge in [0.05, 0.1) is 21.8 Å². The summed E-state index contributed by atoms with van der Waals surface area (Å²) in [5, 5.41) is 5.71. The Kier molecular flexibility index (Phi) is 6.34. The van der Waals surface area contributed by atoms with Gasteiger partial charge in [-0.15, -0.1) is 23.1 Å². The molecule has 8 heteroatoms. The summed E-state index contributed by atoms with van der Waals surface area (Å²) in [6.07, 6.45) is 0. The molecule has 2 amide bonds. The molecule has 34 heavy (non-hydrogen) atoms. The van der Waals surface area contributed by atoms with Crippen LogP contribution in [0.2, 0.25) is 0 Å². The lowest BCUT2D eigenvalue weighted by atomic mass is 10.0. The second kappa shape index (κ2) is 9.56. The van der Waals surface area contributed by atoms with E-state index in [0.717, 1.165) is 32.0 Å². The third-order valence-electron chi connectivity index (χ3n) is 5.82. The van der Waals surface area contributed by atoms with Crippen LogP contribution in [-0.4, -0.2) is 45.9 Å². The van der Waals surface area contributed by atoms with E-state index < -0.39 is 0 Å². The van der Waals surface area contributed by atoms with E-state index in [2.05, 4.69) is 10.3 Å². The zero-order valence-corrected chi connectivity index (χ0v) is 20.1. The largest absolute Gasteiger partial charge is 0.350 e. The van der Waals surface area contributed by atoms with Crippen molar-refractivity contribution in [1.82, 2.24) is 15.2 Å². The van der Waals surface area contributed by atoms with Gasteiger partial charge in [-0.2, -0.15) is 0 Å². The number of hydrogen-bond donors (Lipinski definition) is 1. The molecule has 1 aliphatic rings. The van der Waals surface area contributed by atoms with Crippen molar-refractivity contribution in [3.63, 3.8) is 0 Å². The molecule has 0 spiro atoms. The first-order valence-electron chi connectivity index (χ1n) is 10.9. The van der Waals surface area contributed by atoms with Crippen molar-refractivity contribution in [3.05, 3.63) is 88.8 Å². The van der Waals surface area contributed by atoms with Crippen LogP contribution < -0.4 is 5.32 Å². The van der Waals surface area contributed by atoms with Gasteiger partial charge in [-0.05, 0) is 41.5 Å². The average Bonchev–Trinajstić information content (AvgIpc) is 3.49. The van der Waals surface area contributed by atoms with Crippen molar-refractivity contribution < 1.29 is 14.0 Å². The fraction of sp³-hybridized carbons (Fsp3) is 0.192. The van der Waals surface area contributed by atoms with Gasteiger partial charge in [-0.3, -0.25) is 9.59 Å². The van der Waals surface area contributed by atoms with E-state index in [1.54, 1.807) is 28.8 Å². The highest BCUT2D eigenvalue weighted by Crippen LogP contribution is 2.33. The molecule has 3 aromatic carbocycles. The fourth-order valence-corrected chi connectivity index (χ4v) is 6.23. The van der Waals surface area contributed by atoms with Crippen molar-refractivity contribution in [2.45, 2.75) is 13.0 Å². The Balaban J connectivity index is 1.33. The van der Waals surface area contributed by atoms with Crippen LogP contribution in [0.25, 0.3) is 21.2 Å². The van der Waals surface area contributed by atoms with E-state index in [-0.39, 0.29) is 23.7 Å². The number of halogens is 1. The highest BCUT2D eigenvalue weighted by Gasteiger charge is 2.33. The lowest BCUT2D eigenvalue weighted by Crippen LogP contribution is -2.44. The van der Waals surface area contributed by atoms with Crippen molar-refractivity contribution in [3.8, 4) is 10.4 Å². The van der Waals surface area contributed by atoms with Gasteiger partial charge in [-0.1, -0.05) is 48.5 Å². The second-order valence-corrected chi connectivity index (χ2v) is 10.3. The molecule has 0 aliphatic carbocycles. The Morgan fingerprint density at radius 1 is 1.09 bits per heavy atom. The third-order valence-corrected chi connectivity index (χ3v) is 7.92. The minimum absolute atomic E-state index is 0.139. The van der Waals surface area contributed by atoms with Crippen LogP contribution in [-0.2, 0) is 0 Å². The number of carbonyl (C=O) groups is 2. The lowest BCUT2D eigenvalue weighted by molar-refractivity contribution is 0.0732. The molecule has 4 aromatic rings. The van der Waals surface area contributed by atoms with Gasteiger partial charge >= 0.3 is 0 Å². The minimum atomic E-state index is -0.323. The molecule has 1 aliphatic heterocycles. The SMILES string of the molecule is Cc1nc(C(=O)N2CSC[C@H]2CNC(=O)c2cccc3ccccc23)c(-c2ccc(F)cc2)s1. The number of aryl methyl sites for hydroxylation is 1. The molecule has 1 atom stereocenters. The number of rotatable bonds is 5. The number of amides is 2. The second-order valence-electron chi connectivity index (χ2n) is 8.08. The molecule has 2 heterocycles. The molecule has 5 rings (SSSR count). The first kappa shape index (κ1) is 22.6. The number of carbonyl (C=O) groups excluding carboxylic acids is 2. The Hall–Kier alpha value is -3.23. The van der Waals surface area contributed by atoms with Crippen LogP contribution in [0.3, 0.4) is 0 Å². The van der Waals surface area contributed by atoms with Crippen LogP contribution in [0.1, 0.15) is 25.9 Å². The minimum Gasteiger partial charge on any atom is -0.350 e. The summed E-state index contributed by atoms with van der Waals surface area (Å²) in [5.74, 6) is 0.621. The van der Waals surface area contributed by atoms with E-state index in [1.165, 1.54) is 23.5 Å². The van der Waals surface area contributed by atoms with E-state index in [1.807, 2.05) is 49.4 Å². The smallest absolute Gasteiger partial charge is 0.275 e. The van der Waals surface area contributed by atoms with E-state index in [4.69, 9.17) is 0 Å². The van der Waals surface area contributed by atoms with Gasteiger partial charge in [0.15, 0.2) is 0 Å². The van der Waals surface area contributed by atoms with Gasteiger partial charge in [-0.25, -0.2) is 9.37 Å². The van der Waals surface area contributed by atoms with E-state index in [0.29, 0.717) is 23.7 Å². The van der Waals surface area contributed by atoms with Gasteiger partial charge < -0.3 is 10.2 Å². The summed E-state index contributed by atoms with van der Waals surface area (Å²) >= 11 is 3.07. The molecule has 1 saturated heterocycles. The van der Waals surface area contributed by atoms with Crippen LogP contribution in [0.15, 0.2) is 66.7 Å². The molecule has 1 aromatic heterocycles. The fourth-order valence-electron chi connectivity index (χ4n) is 4.11. The van der Waals surface area contributed by atoms with Crippen molar-refractivity contribution >= 4 is 45.7 Å². The highest BCUT2D eigenvalue weighted by molar-refractivity contribution is 7.99. The van der Waals surface area contributed by atoms with Gasteiger partial charge in [0.25, 0.3) is 11.8 Å². The Morgan fingerprint density at radius 3 is 2.68 bits per heavy atom. The molecule has 1 fully saturated rings. The van der Waals surface area contributed by atoms with Crippen LogP contribution in [0.5, 0.6) is 0 Å². The van der Waals surface area contributed by atoms with Crippen molar-refractivity contribution in [1.29, 1.82) is 0 Å². The highest BCUT2D eigenvalue weighted by atomic mass is 32.2. The summed E-state index contributed by atoms with van der Waals surface area (Å²) in [6, 6.07) is 19.4. The maximum absolute atomic E-state index is 13.5. The molecule has 0 saturated carbocycles. The topological polar surface area (TPSA) is 62.3 Å². The summed E-state index contributed by atoms with van der Waals surface area (Å²) in [5.41, 5.74) is 1.76. The van der Waals surface area contributed by atoms with Crippen molar-refractivity contribution in [2.24, 2.45) is 0 Å². The Bertz CT molecular complexity index is 1360. The zero-order chi connectivity index (χ0) is 23.7. The molecule has 1 N–H and O–H groups in total. The molecular formula is C26H22FN3O2S2. The number of benzene rings is 3. The van der Waals surface area contributed by atoms with Crippen LogP contribution >= 0.6 is 23.1 Å². The third kappa shape index (κ3) is 4.43. The number of aromatic nitrogens is 1. The Labute approximate surface area is 205 Å². The Morgan fingerprint density at radius 2 is 1.85 bits per heavy atom. The normalized spacial score (nSPS) is 15.6. The summed E-state index contributed by atoms with van der Waals surface area (Å²) in [7, 11) is 0. The number of nitrogens with one attached hydrogen (secondary N) is 1. The summed E-state index contributed by atoms with van der Waals surface area (Å²) in [4.78, 5) is 33.5. The maximum atomic E-state index is 13.5. The number of hydrogen-bond acceptors (Lipinski definition) is 5. The monoisotopic (exact) mass is 491 g/mol. The van der Waals surface area contributed by atoms with Crippen molar-refractivity contribution in [2.75, 3.05) is 18.2 Å². The molecule has 0 radical (unpaired) electrons. The maximum Gasteiger partial charge on any atom is 0.275 e. The van der Waals surface area contributed by atoms with E-state index in [9.17, 15) is 14.0 Å². The standard InChI is InChI=1S/C26H22FN3O2S2/c1-16-29-23(24(34-16)18-9-11-19(27)12-10-18)26(32)30-15-33-14-20(30)13-28-25(31)22-8-4-6-17-5-2-3-7-21(17)22/h2-12,20H,13-15H2,1H3,(H,28,31)/t20-/m1/s1. The van der Waals surface area contributed by atoms with Crippen LogP contribution in [0, 0.1) is 12.7 Å².